The van der Waals surface area contributed by atoms with Crippen LogP contribution >= 0.6 is 0 Å². The quantitative estimate of drug-likeness (QED) is 0.501. The SMILES string of the molecule is Nc1ccc(S(=O)(=O)Nc2ccon2)cc1.[H-].[Na+]. The summed E-state index contributed by atoms with van der Waals surface area (Å²) < 4.78 is 30.3. The van der Waals surface area contributed by atoms with Crippen molar-refractivity contribution in [1.29, 1.82) is 0 Å². The first-order valence-corrected chi connectivity index (χ1v) is 5.85. The Morgan fingerprint density at radius 3 is 2.41 bits per heavy atom. The zero-order chi connectivity index (χ0) is 11.6. The Morgan fingerprint density at radius 1 is 1.24 bits per heavy atom. The van der Waals surface area contributed by atoms with E-state index in [0.29, 0.717) is 5.69 Å². The van der Waals surface area contributed by atoms with E-state index in [1.165, 1.54) is 36.6 Å². The van der Waals surface area contributed by atoms with Gasteiger partial charge in [0.1, 0.15) is 6.26 Å². The molecule has 2 aromatic rings. The Hall–Kier alpha value is -1.02. The summed E-state index contributed by atoms with van der Waals surface area (Å²) in [6, 6.07) is 7.26. The summed E-state index contributed by atoms with van der Waals surface area (Å²) >= 11 is 0. The van der Waals surface area contributed by atoms with E-state index in [0.717, 1.165) is 0 Å². The summed E-state index contributed by atoms with van der Waals surface area (Å²) in [4.78, 5) is 0.115. The molecule has 17 heavy (non-hydrogen) atoms. The normalized spacial score (nSPS) is 10.6. The number of rotatable bonds is 3. The molecule has 0 bridgehead atoms. The van der Waals surface area contributed by atoms with Crippen molar-refractivity contribution in [2.24, 2.45) is 0 Å². The van der Waals surface area contributed by atoms with E-state index in [-0.39, 0.29) is 41.7 Å². The van der Waals surface area contributed by atoms with Crippen LogP contribution in [0.4, 0.5) is 11.5 Å². The van der Waals surface area contributed by atoms with E-state index in [4.69, 9.17) is 5.73 Å². The van der Waals surface area contributed by atoms with Crippen molar-refractivity contribution in [1.82, 2.24) is 5.16 Å². The fourth-order valence-electron chi connectivity index (χ4n) is 1.11. The molecular weight excluding hydrogens is 253 g/mol. The monoisotopic (exact) mass is 263 g/mol. The molecule has 0 amide bonds. The number of benzene rings is 1. The molecule has 1 aromatic carbocycles. The number of nitrogen functional groups attached to an aromatic ring is 1. The number of nitrogens with two attached hydrogens (primary N) is 1. The fraction of sp³-hybridized carbons (Fsp3) is 0. The molecular formula is C9H10N3NaO3S. The van der Waals surface area contributed by atoms with Gasteiger partial charge in [-0.1, -0.05) is 5.16 Å². The topological polar surface area (TPSA) is 98.2 Å². The number of hydrogen-bond acceptors (Lipinski definition) is 5. The van der Waals surface area contributed by atoms with Crippen LogP contribution in [0.5, 0.6) is 0 Å². The molecule has 0 aliphatic heterocycles. The van der Waals surface area contributed by atoms with Crippen molar-refractivity contribution in [3.05, 3.63) is 36.6 Å². The van der Waals surface area contributed by atoms with Gasteiger partial charge in [-0.3, -0.25) is 4.72 Å². The van der Waals surface area contributed by atoms with E-state index in [2.05, 4.69) is 14.4 Å². The van der Waals surface area contributed by atoms with Crippen LogP contribution in [0.3, 0.4) is 0 Å². The first-order chi connectivity index (χ1) is 7.58. The number of nitrogens with zero attached hydrogens (tertiary/aromatic N) is 1. The molecule has 0 saturated heterocycles. The molecule has 8 heteroatoms. The summed E-state index contributed by atoms with van der Waals surface area (Å²) in [5.74, 6) is 0.136. The van der Waals surface area contributed by atoms with Crippen molar-refractivity contribution in [2.45, 2.75) is 4.90 Å². The predicted octanol–water partition coefficient (Wildman–Crippen LogP) is -1.83. The van der Waals surface area contributed by atoms with Gasteiger partial charge in [-0.15, -0.1) is 0 Å². The van der Waals surface area contributed by atoms with Crippen LogP contribution in [0.1, 0.15) is 1.43 Å². The Balaban J connectivity index is 0.00000144. The third-order valence-corrected chi connectivity index (χ3v) is 3.24. The largest absolute Gasteiger partial charge is 1.00 e. The van der Waals surface area contributed by atoms with Gasteiger partial charge in [-0.25, -0.2) is 8.42 Å². The summed E-state index contributed by atoms with van der Waals surface area (Å²) in [6.07, 6.45) is 1.28. The van der Waals surface area contributed by atoms with Crippen molar-refractivity contribution in [2.75, 3.05) is 10.5 Å². The van der Waals surface area contributed by atoms with E-state index in [1.54, 1.807) is 0 Å². The third-order valence-electron chi connectivity index (χ3n) is 1.87. The molecule has 6 nitrogen and oxygen atoms in total. The fourth-order valence-corrected chi connectivity index (χ4v) is 2.10. The van der Waals surface area contributed by atoms with Crippen molar-refractivity contribution in [3.63, 3.8) is 0 Å². The molecule has 0 spiro atoms. The van der Waals surface area contributed by atoms with E-state index in [1.807, 2.05) is 0 Å². The van der Waals surface area contributed by atoms with Crippen molar-refractivity contribution >= 4 is 21.5 Å². The van der Waals surface area contributed by atoms with Crippen molar-refractivity contribution < 1.29 is 43.9 Å². The molecule has 0 saturated carbocycles. The maximum Gasteiger partial charge on any atom is 1.00 e. The van der Waals surface area contributed by atoms with Crippen LogP contribution in [-0.2, 0) is 10.0 Å². The zero-order valence-corrected chi connectivity index (χ0v) is 11.9. The van der Waals surface area contributed by atoms with Gasteiger partial charge in [-0.2, -0.15) is 0 Å². The average Bonchev–Trinajstić information content (AvgIpc) is 2.70. The van der Waals surface area contributed by atoms with E-state index >= 15 is 0 Å². The number of nitrogens with one attached hydrogen (secondary N) is 1. The minimum atomic E-state index is -3.63. The Labute approximate surface area is 122 Å². The van der Waals surface area contributed by atoms with Crippen molar-refractivity contribution in [3.8, 4) is 0 Å². The first kappa shape index (κ1) is 14.0. The van der Waals surface area contributed by atoms with Gasteiger partial charge >= 0.3 is 29.6 Å². The second-order valence-corrected chi connectivity index (χ2v) is 4.74. The Morgan fingerprint density at radius 2 is 1.88 bits per heavy atom. The zero-order valence-electron chi connectivity index (χ0n) is 10.1. The molecule has 0 atom stereocenters. The van der Waals surface area contributed by atoms with Gasteiger partial charge in [-0.05, 0) is 24.3 Å². The molecule has 1 heterocycles. The Bertz CT molecular complexity index is 572. The van der Waals surface area contributed by atoms with Gasteiger partial charge in [0.05, 0.1) is 4.90 Å². The number of sulfonamides is 1. The summed E-state index contributed by atoms with van der Waals surface area (Å²) in [7, 11) is -3.63. The molecule has 2 rings (SSSR count). The predicted molar refractivity (Wildman–Crippen MR) is 59.3 cm³/mol. The molecule has 0 unspecified atom stereocenters. The van der Waals surface area contributed by atoms with Crippen LogP contribution in [0.2, 0.25) is 0 Å². The summed E-state index contributed by atoms with van der Waals surface area (Å²) in [6.45, 7) is 0. The number of aromatic nitrogens is 1. The maximum absolute atomic E-state index is 11.8. The second-order valence-electron chi connectivity index (χ2n) is 3.06. The van der Waals surface area contributed by atoms with Gasteiger partial charge in [0, 0.05) is 11.8 Å². The van der Waals surface area contributed by atoms with Gasteiger partial charge in [0.25, 0.3) is 10.0 Å². The molecule has 0 radical (unpaired) electrons. The van der Waals surface area contributed by atoms with Crippen LogP contribution in [0, 0.1) is 0 Å². The molecule has 0 aliphatic carbocycles. The van der Waals surface area contributed by atoms with E-state index in [9.17, 15) is 8.42 Å². The van der Waals surface area contributed by atoms with Gasteiger partial charge in [0.15, 0.2) is 5.82 Å². The molecule has 0 aliphatic rings. The summed E-state index contributed by atoms with van der Waals surface area (Å²) in [5.41, 5.74) is 5.96. The van der Waals surface area contributed by atoms with Gasteiger partial charge in [0.2, 0.25) is 0 Å². The van der Waals surface area contributed by atoms with Crippen LogP contribution < -0.4 is 40.0 Å². The smallest absolute Gasteiger partial charge is 1.00 e. The molecule has 86 valence electrons. The summed E-state index contributed by atoms with van der Waals surface area (Å²) in [5, 5.41) is 3.45. The maximum atomic E-state index is 11.8. The number of anilines is 2. The van der Waals surface area contributed by atoms with Crippen LogP contribution in [0.15, 0.2) is 46.0 Å². The van der Waals surface area contributed by atoms with Crippen LogP contribution in [0.25, 0.3) is 0 Å². The average molecular weight is 263 g/mol. The van der Waals surface area contributed by atoms with Gasteiger partial charge < -0.3 is 11.7 Å². The number of hydrogen-bond donors (Lipinski definition) is 2. The molecule has 1 aromatic heterocycles. The second kappa shape index (κ2) is 5.54. The molecule has 3 N–H and O–H groups in total. The third kappa shape index (κ3) is 3.47. The minimum Gasteiger partial charge on any atom is -1.00 e. The minimum absolute atomic E-state index is 0. The molecule has 0 fully saturated rings. The first-order valence-electron chi connectivity index (χ1n) is 4.37. The van der Waals surface area contributed by atoms with E-state index < -0.39 is 10.0 Å². The van der Waals surface area contributed by atoms with Crippen LogP contribution in [-0.4, -0.2) is 13.6 Å². The standard InChI is InChI=1S/C9H9N3O3S.Na.H/c10-7-1-3-8(4-2-7)16(13,14)12-9-5-6-15-11-9;;/h1-6H,10H2,(H,11,12);;/q;+1;-1. The Kier molecular flexibility index (Phi) is 4.58.